The summed E-state index contributed by atoms with van der Waals surface area (Å²) in [6, 6.07) is 15.1. The Labute approximate surface area is 151 Å². The number of para-hydroxylation sites is 1. The number of nitrogens with one attached hydrogen (secondary N) is 1. The number of aromatic nitrogens is 2. The smallest absolute Gasteiger partial charge is 0.124 e. The van der Waals surface area contributed by atoms with E-state index in [9.17, 15) is 0 Å². The number of thiazole rings is 1. The normalized spacial score (nSPS) is 16.8. The summed E-state index contributed by atoms with van der Waals surface area (Å²) in [7, 11) is 2.22. The van der Waals surface area contributed by atoms with Crippen molar-refractivity contribution >= 4 is 32.5 Å². The first-order valence-corrected chi connectivity index (χ1v) is 9.75. The largest absolute Gasteiger partial charge is 0.361 e. The molecule has 126 valence electrons. The summed E-state index contributed by atoms with van der Waals surface area (Å²) in [5.41, 5.74) is 5.03. The summed E-state index contributed by atoms with van der Waals surface area (Å²) in [5.74, 6) is 0.663. The first-order valence-electron chi connectivity index (χ1n) is 8.93. The van der Waals surface area contributed by atoms with Crippen LogP contribution in [0.2, 0.25) is 0 Å². The predicted molar refractivity (Wildman–Crippen MR) is 106 cm³/mol. The fourth-order valence-corrected chi connectivity index (χ4v) is 4.89. The minimum Gasteiger partial charge on any atom is -0.361 e. The Morgan fingerprint density at radius 1 is 1.12 bits per heavy atom. The highest BCUT2D eigenvalue weighted by molar-refractivity contribution is 7.21. The van der Waals surface area contributed by atoms with Gasteiger partial charge >= 0.3 is 0 Å². The van der Waals surface area contributed by atoms with Crippen LogP contribution in [0.4, 0.5) is 0 Å². The van der Waals surface area contributed by atoms with Crippen molar-refractivity contribution in [2.45, 2.75) is 18.8 Å². The number of hydrogen-bond acceptors (Lipinski definition) is 3. The molecule has 4 aromatic rings. The van der Waals surface area contributed by atoms with Crippen molar-refractivity contribution in [3.05, 3.63) is 54.2 Å². The number of H-pyrrole nitrogens is 1. The lowest BCUT2D eigenvalue weighted by Gasteiger charge is -2.28. The molecule has 1 N–H and O–H groups in total. The van der Waals surface area contributed by atoms with E-state index in [-0.39, 0.29) is 0 Å². The molecule has 3 heterocycles. The molecule has 5 rings (SSSR count). The number of piperidine rings is 1. The van der Waals surface area contributed by atoms with Crippen LogP contribution in [0.3, 0.4) is 0 Å². The van der Waals surface area contributed by atoms with E-state index in [4.69, 9.17) is 4.98 Å². The number of likely N-dealkylation sites (tertiary alicyclic amines) is 1. The third-order valence-electron chi connectivity index (χ3n) is 5.41. The zero-order chi connectivity index (χ0) is 16.8. The Kier molecular flexibility index (Phi) is 3.61. The van der Waals surface area contributed by atoms with Gasteiger partial charge in [0.2, 0.25) is 0 Å². The number of nitrogens with zero attached hydrogens (tertiary/aromatic N) is 2. The molecule has 0 saturated carbocycles. The van der Waals surface area contributed by atoms with Gasteiger partial charge in [-0.15, -0.1) is 11.3 Å². The molecule has 3 nitrogen and oxygen atoms in total. The minimum absolute atomic E-state index is 0.663. The number of hydrogen-bond donors (Lipinski definition) is 1. The SMILES string of the molecule is CN1CCC(c2c[nH]c3ccc(-c4nc5ccccc5s4)cc23)CC1. The highest BCUT2D eigenvalue weighted by Gasteiger charge is 2.21. The van der Waals surface area contributed by atoms with E-state index in [0.29, 0.717) is 5.92 Å². The zero-order valence-corrected chi connectivity index (χ0v) is 15.1. The molecule has 2 aromatic heterocycles. The molecule has 0 bridgehead atoms. The van der Waals surface area contributed by atoms with Crippen molar-refractivity contribution in [3.63, 3.8) is 0 Å². The van der Waals surface area contributed by atoms with Crippen LogP contribution < -0.4 is 0 Å². The Morgan fingerprint density at radius 3 is 2.80 bits per heavy atom. The van der Waals surface area contributed by atoms with Crippen molar-refractivity contribution in [3.8, 4) is 10.6 Å². The standard InChI is InChI=1S/C21H21N3S/c1-24-10-8-14(9-11-24)17-13-22-18-7-6-15(12-16(17)18)21-23-19-4-2-3-5-20(19)25-21/h2-7,12-14,22H,8-11H2,1H3. The Bertz CT molecular complexity index is 1000. The van der Waals surface area contributed by atoms with E-state index < -0.39 is 0 Å². The van der Waals surface area contributed by atoms with Crippen molar-refractivity contribution in [2.75, 3.05) is 20.1 Å². The fraction of sp³-hybridized carbons (Fsp3) is 0.286. The van der Waals surface area contributed by atoms with Gasteiger partial charge in [-0.3, -0.25) is 0 Å². The first kappa shape index (κ1) is 15.1. The summed E-state index contributed by atoms with van der Waals surface area (Å²) in [6.45, 7) is 2.38. The highest BCUT2D eigenvalue weighted by atomic mass is 32.1. The van der Waals surface area contributed by atoms with Gasteiger partial charge in [0, 0.05) is 22.7 Å². The Morgan fingerprint density at radius 2 is 1.96 bits per heavy atom. The predicted octanol–water partition coefficient (Wildman–Crippen LogP) is 5.25. The first-order chi connectivity index (χ1) is 12.3. The van der Waals surface area contributed by atoms with E-state index in [2.05, 4.69) is 65.6 Å². The molecule has 1 fully saturated rings. The van der Waals surface area contributed by atoms with Crippen molar-refractivity contribution in [1.29, 1.82) is 0 Å². The molecule has 1 aliphatic rings. The van der Waals surface area contributed by atoms with Gasteiger partial charge in [0.05, 0.1) is 10.2 Å². The molecular formula is C21H21N3S. The Hall–Kier alpha value is -2.17. The summed E-state index contributed by atoms with van der Waals surface area (Å²) in [6.07, 6.45) is 4.71. The molecule has 0 atom stereocenters. The van der Waals surface area contributed by atoms with Crippen LogP contribution in [0.15, 0.2) is 48.7 Å². The number of fused-ring (bicyclic) bond motifs is 2. The molecule has 0 radical (unpaired) electrons. The molecule has 4 heteroatoms. The van der Waals surface area contributed by atoms with Gasteiger partial charge in [-0.05, 0) is 74.8 Å². The molecule has 1 saturated heterocycles. The minimum atomic E-state index is 0.663. The second kappa shape index (κ2) is 5.97. The zero-order valence-electron chi connectivity index (χ0n) is 14.3. The topological polar surface area (TPSA) is 31.9 Å². The second-order valence-corrected chi connectivity index (χ2v) is 8.10. The molecule has 2 aromatic carbocycles. The average molecular weight is 347 g/mol. The lowest BCUT2D eigenvalue weighted by molar-refractivity contribution is 0.256. The molecule has 0 aliphatic carbocycles. The third-order valence-corrected chi connectivity index (χ3v) is 6.50. The molecule has 0 spiro atoms. The third kappa shape index (κ3) is 2.66. The van der Waals surface area contributed by atoms with Gasteiger partial charge < -0.3 is 9.88 Å². The number of benzene rings is 2. The van der Waals surface area contributed by atoms with E-state index in [1.807, 2.05) is 0 Å². The summed E-state index contributed by atoms with van der Waals surface area (Å²) < 4.78 is 1.25. The molecule has 1 aliphatic heterocycles. The van der Waals surface area contributed by atoms with Crippen molar-refractivity contribution in [1.82, 2.24) is 14.9 Å². The van der Waals surface area contributed by atoms with Crippen LogP contribution in [0.5, 0.6) is 0 Å². The maximum absolute atomic E-state index is 4.83. The quantitative estimate of drug-likeness (QED) is 0.537. The van der Waals surface area contributed by atoms with Crippen LogP contribution in [0, 0.1) is 0 Å². The van der Waals surface area contributed by atoms with E-state index in [1.165, 1.54) is 52.7 Å². The lowest BCUT2D eigenvalue weighted by Crippen LogP contribution is -2.29. The molecule has 25 heavy (non-hydrogen) atoms. The summed E-state index contributed by atoms with van der Waals surface area (Å²) in [5, 5.41) is 2.48. The summed E-state index contributed by atoms with van der Waals surface area (Å²) in [4.78, 5) is 10.7. The van der Waals surface area contributed by atoms with Crippen LogP contribution in [0.1, 0.15) is 24.3 Å². The second-order valence-electron chi connectivity index (χ2n) is 7.07. The van der Waals surface area contributed by atoms with Crippen molar-refractivity contribution < 1.29 is 0 Å². The van der Waals surface area contributed by atoms with E-state index in [0.717, 1.165) is 10.5 Å². The summed E-state index contributed by atoms with van der Waals surface area (Å²) >= 11 is 1.78. The monoisotopic (exact) mass is 347 g/mol. The van der Waals surface area contributed by atoms with Crippen LogP contribution >= 0.6 is 11.3 Å². The van der Waals surface area contributed by atoms with Crippen molar-refractivity contribution in [2.24, 2.45) is 0 Å². The molecule has 0 unspecified atom stereocenters. The average Bonchev–Trinajstić information content (AvgIpc) is 3.26. The number of rotatable bonds is 2. The van der Waals surface area contributed by atoms with Gasteiger partial charge in [0.1, 0.15) is 5.01 Å². The number of aromatic amines is 1. The lowest BCUT2D eigenvalue weighted by atomic mass is 9.89. The van der Waals surface area contributed by atoms with E-state index >= 15 is 0 Å². The highest BCUT2D eigenvalue weighted by Crippen LogP contribution is 2.36. The van der Waals surface area contributed by atoms with Crippen LogP contribution in [-0.2, 0) is 0 Å². The van der Waals surface area contributed by atoms with Gasteiger partial charge in [0.25, 0.3) is 0 Å². The molecular weight excluding hydrogens is 326 g/mol. The van der Waals surface area contributed by atoms with Gasteiger partial charge in [-0.1, -0.05) is 12.1 Å². The van der Waals surface area contributed by atoms with Gasteiger partial charge in [-0.2, -0.15) is 0 Å². The van der Waals surface area contributed by atoms with Crippen LogP contribution in [-0.4, -0.2) is 35.0 Å². The Balaban J connectivity index is 1.57. The van der Waals surface area contributed by atoms with Gasteiger partial charge in [-0.25, -0.2) is 4.98 Å². The molecule has 0 amide bonds. The van der Waals surface area contributed by atoms with Gasteiger partial charge in [0.15, 0.2) is 0 Å². The fourth-order valence-electron chi connectivity index (χ4n) is 3.93. The maximum atomic E-state index is 4.83. The van der Waals surface area contributed by atoms with E-state index in [1.54, 1.807) is 11.3 Å². The maximum Gasteiger partial charge on any atom is 0.124 e. The van der Waals surface area contributed by atoms with Crippen LogP contribution in [0.25, 0.3) is 31.7 Å².